The molecule has 96 valence electrons. The number of carbonyl (C=O) groups is 1. The number of nitrogens with zero attached hydrogens (tertiary/aromatic N) is 1. The highest BCUT2D eigenvalue weighted by molar-refractivity contribution is 9.11. The monoisotopic (exact) mass is 381 g/mol. The number of rotatable bonds is 5. The molecule has 0 N–H and O–H groups in total. The predicted molar refractivity (Wildman–Crippen MR) is 81.3 cm³/mol. The van der Waals surface area contributed by atoms with Crippen LogP contribution in [0.2, 0.25) is 0 Å². The highest BCUT2D eigenvalue weighted by Crippen LogP contribution is 2.28. The maximum atomic E-state index is 12.4. The van der Waals surface area contributed by atoms with E-state index in [4.69, 9.17) is 0 Å². The lowest BCUT2D eigenvalue weighted by Crippen LogP contribution is -2.37. The van der Waals surface area contributed by atoms with E-state index in [1.54, 1.807) is 0 Å². The van der Waals surface area contributed by atoms with Crippen LogP contribution in [0.4, 0.5) is 0 Å². The van der Waals surface area contributed by atoms with Crippen molar-refractivity contribution in [3.8, 4) is 0 Å². The summed E-state index contributed by atoms with van der Waals surface area (Å²) < 4.78 is 1.05. The molecule has 0 bridgehead atoms. The van der Waals surface area contributed by atoms with E-state index in [0.29, 0.717) is 0 Å². The number of halogens is 2. The van der Waals surface area contributed by atoms with Gasteiger partial charge >= 0.3 is 0 Å². The first kappa shape index (κ1) is 15.2. The minimum Gasteiger partial charge on any atom is -0.335 e. The van der Waals surface area contributed by atoms with Gasteiger partial charge < -0.3 is 4.90 Å². The second-order valence-corrected chi connectivity index (χ2v) is 7.37. The Morgan fingerprint density at radius 2 is 2.18 bits per heavy atom. The quantitative estimate of drug-likeness (QED) is 0.688. The van der Waals surface area contributed by atoms with Crippen molar-refractivity contribution in [3.63, 3.8) is 0 Å². The molecule has 2 nitrogen and oxygen atoms in total. The molecule has 0 aliphatic rings. The van der Waals surface area contributed by atoms with Gasteiger partial charge in [-0.2, -0.15) is 0 Å². The van der Waals surface area contributed by atoms with Gasteiger partial charge in [0.25, 0.3) is 5.91 Å². The summed E-state index contributed by atoms with van der Waals surface area (Å²) in [5.74, 6) is 0.139. The van der Waals surface area contributed by atoms with E-state index < -0.39 is 0 Å². The van der Waals surface area contributed by atoms with Gasteiger partial charge in [-0.1, -0.05) is 15.9 Å². The van der Waals surface area contributed by atoms with Crippen molar-refractivity contribution < 1.29 is 4.79 Å². The summed E-state index contributed by atoms with van der Waals surface area (Å²) >= 11 is 8.38. The largest absolute Gasteiger partial charge is 0.335 e. The Hall–Kier alpha value is 0.130. The number of alkyl halides is 1. The second kappa shape index (κ2) is 6.90. The average molecular weight is 383 g/mol. The van der Waals surface area contributed by atoms with Crippen molar-refractivity contribution in [2.24, 2.45) is 0 Å². The molecule has 0 atom stereocenters. The van der Waals surface area contributed by atoms with E-state index in [1.807, 2.05) is 17.9 Å². The SMILES string of the molecule is Cc1cc(C(=O)N(CCCBr)C(C)C)sc1Br. The molecule has 1 aromatic heterocycles. The summed E-state index contributed by atoms with van der Waals surface area (Å²) in [5.41, 5.74) is 1.13. The number of thiophene rings is 1. The van der Waals surface area contributed by atoms with Gasteiger partial charge in [0.15, 0.2) is 0 Å². The highest BCUT2D eigenvalue weighted by Gasteiger charge is 2.20. The molecule has 0 saturated heterocycles. The molecule has 0 spiro atoms. The fourth-order valence-corrected chi connectivity index (χ4v) is 3.27. The zero-order valence-electron chi connectivity index (χ0n) is 10.3. The molecule has 1 amide bonds. The van der Waals surface area contributed by atoms with Crippen LogP contribution in [0.5, 0.6) is 0 Å². The molecule has 0 unspecified atom stereocenters. The Morgan fingerprint density at radius 3 is 2.59 bits per heavy atom. The first-order valence-electron chi connectivity index (χ1n) is 5.60. The second-order valence-electron chi connectivity index (χ2n) is 4.20. The zero-order valence-corrected chi connectivity index (χ0v) is 14.3. The molecule has 1 rings (SSSR count). The predicted octanol–water partition coefficient (Wildman–Crippen LogP) is 4.45. The van der Waals surface area contributed by atoms with Gasteiger partial charge in [-0.25, -0.2) is 0 Å². The van der Waals surface area contributed by atoms with Crippen LogP contribution in [0.25, 0.3) is 0 Å². The van der Waals surface area contributed by atoms with Crippen LogP contribution < -0.4 is 0 Å². The molecular weight excluding hydrogens is 366 g/mol. The number of amides is 1. The fraction of sp³-hybridized carbons (Fsp3) is 0.583. The van der Waals surface area contributed by atoms with Gasteiger partial charge in [-0.3, -0.25) is 4.79 Å². The topological polar surface area (TPSA) is 20.3 Å². The van der Waals surface area contributed by atoms with E-state index in [-0.39, 0.29) is 11.9 Å². The molecule has 0 saturated carbocycles. The van der Waals surface area contributed by atoms with Gasteiger partial charge in [-0.15, -0.1) is 11.3 Å². The maximum absolute atomic E-state index is 12.4. The fourth-order valence-electron chi connectivity index (χ4n) is 1.53. The first-order chi connectivity index (χ1) is 7.97. The summed E-state index contributed by atoms with van der Waals surface area (Å²) in [7, 11) is 0. The Morgan fingerprint density at radius 1 is 1.53 bits per heavy atom. The van der Waals surface area contributed by atoms with E-state index in [9.17, 15) is 4.79 Å². The van der Waals surface area contributed by atoms with E-state index in [1.165, 1.54) is 11.3 Å². The maximum Gasteiger partial charge on any atom is 0.264 e. The third-order valence-electron chi connectivity index (χ3n) is 2.48. The molecule has 0 aliphatic heterocycles. The van der Waals surface area contributed by atoms with Crippen LogP contribution in [0.1, 0.15) is 35.5 Å². The first-order valence-corrected chi connectivity index (χ1v) is 8.33. The molecule has 0 fully saturated rings. The number of aryl methyl sites for hydroxylation is 1. The van der Waals surface area contributed by atoms with Crippen molar-refractivity contribution in [2.45, 2.75) is 33.2 Å². The van der Waals surface area contributed by atoms with Gasteiger partial charge in [0.2, 0.25) is 0 Å². The summed E-state index contributed by atoms with van der Waals surface area (Å²) in [6, 6.07) is 2.20. The Labute approximate surface area is 124 Å². The number of hydrogen-bond acceptors (Lipinski definition) is 2. The van der Waals surface area contributed by atoms with Crippen LogP contribution >= 0.6 is 43.2 Å². The van der Waals surface area contributed by atoms with E-state index in [0.717, 1.165) is 32.5 Å². The Bertz CT molecular complexity index is 370. The van der Waals surface area contributed by atoms with E-state index in [2.05, 4.69) is 45.7 Å². The summed E-state index contributed by atoms with van der Waals surface area (Å²) in [6.45, 7) is 6.93. The number of hydrogen-bond donors (Lipinski definition) is 0. The normalized spacial score (nSPS) is 10.9. The molecule has 0 aliphatic carbocycles. The van der Waals surface area contributed by atoms with Crippen molar-refractivity contribution in [1.82, 2.24) is 4.90 Å². The standard InChI is InChI=1S/C12H17Br2NOS/c1-8(2)15(6-4-5-13)12(16)10-7-9(3)11(14)17-10/h7-8H,4-6H2,1-3H3. The summed E-state index contributed by atoms with van der Waals surface area (Å²) in [4.78, 5) is 15.1. The van der Waals surface area contributed by atoms with Crippen LogP contribution in [-0.4, -0.2) is 28.7 Å². The van der Waals surface area contributed by atoms with E-state index >= 15 is 0 Å². The Balaban J connectivity index is 2.84. The lowest BCUT2D eigenvalue weighted by molar-refractivity contribution is 0.0711. The van der Waals surface area contributed by atoms with Crippen molar-refractivity contribution in [2.75, 3.05) is 11.9 Å². The van der Waals surface area contributed by atoms with Gasteiger partial charge in [0.05, 0.1) is 8.66 Å². The molecule has 1 heterocycles. The van der Waals surface area contributed by atoms with Crippen LogP contribution in [0, 0.1) is 6.92 Å². The Kier molecular flexibility index (Phi) is 6.17. The zero-order chi connectivity index (χ0) is 13.0. The molecule has 17 heavy (non-hydrogen) atoms. The molecule has 0 aromatic carbocycles. The minimum atomic E-state index is 0.139. The molecule has 1 aromatic rings. The van der Waals surface area contributed by atoms with Crippen molar-refractivity contribution >= 4 is 49.1 Å². The van der Waals surface area contributed by atoms with Crippen LogP contribution in [-0.2, 0) is 0 Å². The molecule has 5 heteroatoms. The summed E-state index contributed by atoms with van der Waals surface area (Å²) in [5, 5.41) is 0.927. The van der Waals surface area contributed by atoms with Gasteiger partial charge in [0.1, 0.15) is 0 Å². The third-order valence-corrected chi connectivity index (χ3v) is 5.17. The van der Waals surface area contributed by atoms with Crippen LogP contribution in [0.15, 0.2) is 9.85 Å². The molecular formula is C12H17Br2NOS. The van der Waals surface area contributed by atoms with Gasteiger partial charge in [0, 0.05) is 17.9 Å². The van der Waals surface area contributed by atoms with Gasteiger partial charge in [-0.05, 0) is 54.8 Å². The smallest absolute Gasteiger partial charge is 0.264 e. The highest BCUT2D eigenvalue weighted by atomic mass is 79.9. The minimum absolute atomic E-state index is 0.139. The lowest BCUT2D eigenvalue weighted by atomic mass is 10.2. The summed E-state index contributed by atoms with van der Waals surface area (Å²) in [6.07, 6.45) is 0.982. The average Bonchev–Trinajstić information content (AvgIpc) is 2.59. The molecule has 0 radical (unpaired) electrons. The third kappa shape index (κ3) is 4.07. The van der Waals surface area contributed by atoms with Crippen LogP contribution in [0.3, 0.4) is 0 Å². The van der Waals surface area contributed by atoms with Crippen molar-refractivity contribution in [3.05, 3.63) is 20.3 Å². The lowest BCUT2D eigenvalue weighted by Gasteiger charge is -2.26. The number of carbonyl (C=O) groups excluding carboxylic acids is 1. The van der Waals surface area contributed by atoms with Crippen molar-refractivity contribution in [1.29, 1.82) is 0 Å².